The first-order valence-corrected chi connectivity index (χ1v) is 9.71. The van der Waals surface area contributed by atoms with E-state index in [4.69, 9.17) is 14.5 Å². The van der Waals surface area contributed by atoms with E-state index in [0.29, 0.717) is 25.6 Å². The molecule has 2 saturated heterocycles. The van der Waals surface area contributed by atoms with Crippen molar-refractivity contribution in [2.24, 2.45) is 0 Å². The first kappa shape index (κ1) is 19.0. The molecule has 0 unspecified atom stereocenters. The predicted molar refractivity (Wildman–Crippen MR) is 99.5 cm³/mol. The summed E-state index contributed by atoms with van der Waals surface area (Å²) in [6.45, 7) is 9.94. The lowest BCUT2D eigenvalue weighted by atomic mass is 9.93. The van der Waals surface area contributed by atoms with Crippen molar-refractivity contribution in [1.82, 2.24) is 14.9 Å². The third kappa shape index (κ3) is 4.92. The average Bonchev–Trinajstić information content (AvgIpc) is 2.68. The number of rotatable bonds is 6. The van der Waals surface area contributed by atoms with Gasteiger partial charge in [0, 0.05) is 50.5 Å². The molecule has 3 heterocycles. The van der Waals surface area contributed by atoms with Gasteiger partial charge >= 0.3 is 0 Å². The molecule has 7 nitrogen and oxygen atoms in total. The molecule has 7 heteroatoms. The fraction of sp³-hybridized carbons (Fsp3) is 0.737. The van der Waals surface area contributed by atoms with Gasteiger partial charge in [0.2, 0.25) is 5.91 Å². The smallest absolute Gasteiger partial charge is 0.224 e. The van der Waals surface area contributed by atoms with Crippen molar-refractivity contribution in [2.45, 2.75) is 39.0 Å². The summed E-state index contributed by atoms with van der Waals surface area (Å²) < 4.78 is 10.7. The van der Waals surface area contributed by atoms with Crippen molar-refractivity contribution in [2.75, 3.05) is 57.5 Å². The van der Waals surface area contributed by atoms with E-state index >= 15 is 0 Å². The number of amides is 1. The molecule has 26 heavy (non-hydrogen) atoms. The number of piperidine rings is 1. The molecular formula is C19H30N4O3. The van der Waals surface area contributed by atoms with Crippen LogP contribution in [0, 0.1) is 6.92 Å². The Balaban J connectivity index is 1.58. The number of hydrogen-bond acceptors (Lipinski definition) is 6. The Morgan fingerprint density at radius 2 is 1.96 bits per heavy atom. The van der Waals surface area contributed by atoms with Crippen LogP contribution in [0.3, 0.4) is 0 Å². The molecule has 3 rings (SSSR count). The molecule has 0 bridgehead atoms. The summed E-state index contributed by atoms with van der Waals surface area (Å²) in [4.78, 5) is 25.8. The lowest BCUT2D eigenvalue weighted by molar-refractivity contribution is -0.133. The maximum Gasteiger partial charge on any atom is 0.224 e. The number of anilines is 1. The number of likely N-dealkylation sites (tertiary alicyclic amines) is 1. The summed E-state index contributed by atoms with van der Waals surface area (Å²) >= 11 is 0. The first-order chi connectivity index (χ1) is 12.7. The minimum Gasteiger partial charge on any atom is -0.381 e. The van der Waals surface area contributed by atoms with E-state index in [1.165, 1.54) is 0 Å². The number of aromatic nitrogens is 2. The van der Waals surface area contributed by atoms with Crippen molar-refractivity contribution in [1.29, 1.82) is 0 Å². The number of nitrogens with zero attached hydrogens (tertiary/aromatic N) is 4. The van der Waals surface area contributed by atoms with Gasteiger partial charge in [-0.2, -0.15) is 0 Å². The molecule has 0 aromatic carbocycles. The second-order valence-corrected chi connectivity index (χ2v) is 6.90. The summed E-state index contributed by atoms with van der Waals surface area (Å²) in [5.41, 5.74) is 1.11. The molecule has 0 aliphatic carbocycles. The first-order valence-electron chi connectivity index (χ1n) is 9.71. The van der Waals surface area contributed by atoms with E-state index in [1.54, 1.807) is 0 Å². The maximum atomic E-state index is 12.2. The monoisotopic (exact) mass is 362 g/mol. The van der Waals surface area contributed by atoms with Crippen LogP contribution in [0.4, 0.5) is 5.82 Å². The Morgan fingerprint density at radius 3 is 2.65 bits per heavy atom. The van der Waals surface area contributed by atoms with Crippen LogP contribution >= 0.6 is 0 Å². The number of aryl methyl sites for hydroxylation is 1. The van der Waals surface area contributed by atoms with Crippen LogP contribution in [0.1, 0.15) is 43.6 Å². The minimum absolute atomic E-state index is 0.199. The fourth-order valence-corrected chi connectivity index (χ4v) is 3.62. The van der Waals surface area contributed by atoms with Gasteiger partial charge < -0.3 is 19.3 Å². The lowest BCUT2D eigenvalue weighted by Crippen LogP contribution is -2.39. The van der Waals surface area contributed by atoms with Crippen molar-refractivity contribution in [3.05, 3.63) is 17.6 Å². The SMILES string of the molecule is CCOCCC(=O)N1CCC(c2cc(N3CCOCC3)nc(C)n2)CC1. The molecule has 1 aromatic rings. The predicted octanol–water partition coefficient (Wildman–Crippen LogP) is 1.75. The highest BCUT2D eigenvalue weighted by molar-refractivity contribution is 5.76. The zero-order valence-corrected chi connectivity index (χ0v) is 15.9. The van der Waals surface area contributed by atoms with E-state index in [0.717, 1.165) is 69.6 Å². The standard InChI is InChI=1S/C19H30N4O3/c1-3-25-11-6-19(24)23-7-4-16(5-8-23)17-14-18(21-15(2)20-17)22-9-12-26-13-10-22/h14,16H,3-13H2,1-2H3. The highest BCUT2D eigenvalue weighted by Gasteiger charge is 2.25. The van der Waals surface area contributed by atoms with Gasteiger partial charge in [-0.25, -0.2) is 9.97 Å². The third-order valence-electron chi connectivity index (χ3n) is 5.11. The fourth-order valence-electron chi connectivity index (χ4n) is 3.62. The second kappa shape index (κ2) is 9.28. The van der Waals surface area contributed by atoms with Crippen LogP contribution in [-0.4, -0.2) is 73.4 Å². The molecule has 2 aliphatic rings. The second-order valence-electron chi connectivity index (χ2n) is 6.90. The Morgan fingerprint density at radius 1 is 1.23 bits per heavy atom. The summed E-state index contributed by atoms with van der Waals surface area (Å²) in [6.07, 6.45) is 2.39. The Kier molecular flexibility index (Phi) is 6.80. The summed E-state index contributed by atoms with van der Waals surface area (Å²) in [7, 11) is 0. The molecule has 0 N–H and O–H groups in total. The molecule has 0 saturated carbocycles. The maximum absolute atomic E-state index is 12.2. The van der Waals surface area contributed by atoms with Crippen LogP contribution in [-0.2, 0) is 14.3 Å². The molecular weight excluding hydrogens is 332 g/mol. The van der Waals surface area contributed by atoms with Gasteiger partial charge in [-0.3, -0.25) is 4.79 Å². The van der Waals surface area contributed by atoms with Gasteiger partial charge in [0.05, 0.1) is 26.2 Å². The topological polar surface area (TPSA) is 67.8 Å². The average molecular weight is 362 g/mol. The van der Waals surface area contributed by atoms with Gasteiger partial charge in [-0.05, 0) is 26.7 Å². The van der Waals surface area contributed by atoms with E-state index in [-0.39, 0.29) is 5.91 Å². The third-order valence-corrected chi connectivity index (χ3v) is 5.11. The van der Waals surface area contributed by atoms with Crippen LogP contribution in [0.15, 0.2) is 6.07 Å². The number of carbonyl (C=O) groups is 1. The molecule has 0 radical (unpaired) electrons. The van der Waals surface area contributed by atoms with Crippen molar-refractivity contribution in [3.63, 3.8) is 0 Å². The lowest BCUT2D eigenvalue weighted by Gasteiger charge is -2.33. The van der Waals surface area contributed by atoms with Crippen LogP contribution in [0.5, 0.6) is 0 Å². The molecule has 144 valence electrons. The normalized spacial score (nSPS) is 19.0. The molecule has 2 fully saturated rings. The highest BCUT2D eigenvalue weighted by atomic mass is 16.5. The van der Waals surface area contributed by atoms with Gasteiger partial charge in [0.1, 0.15) is 11.6 Å². The van der Waals surface area contributed by atoms with Crippen molar-refractivity contribution < 1.29 is 14.3 Å². The highest BCUT2D eigenvalue weighted by Crippen LogP contribution is 2.29. The number of ether oxygens (including phenoxy) is 2. The molecule has 1 amide bonds. The molecule has 0 atom stereocenters. The molecule has 0 spiro atoms. The molecule has 1 aromatic heterocycles. The molecule has 2 aliphatic heterocycles. The van der Waals surface area contributed by atoms with Crippen molar-refractivity contribution in [3.8, 4) is 0 Å². The summed E-state index contributed by atoms with van der Waals surface area (Å²) in [6, 6.07) is 2.13. The minimum atomic E-state index is 0.199. The van der Waals surface area contributed by atoms with Gasteiger partial charge in [-0.1, -0.05) is 0 Å². The van der Waals surface area contributed by atoms with Crippen LogP contribution < -0.4 is 4.90 Å². The van der Waals surface area contributed by atoms with Gasteiger partial charge in [-0.15, -0.1) is 0 Å². The van der Waals surface area contributed by atoms with E-state index in [2.05, 4.69) is 16.0 Å². The Labute approximate surface area is 155 Å². The number of hydrogen-bond donors (Lipinski definition) is 0. The van der Waals surface area contributed by atoms with Gasteiger partial charge in [0.25, 0.3) is 0 Å². The van der Waals surface area contributed by atoms with Gasteiger partial charge in [0.15, 0.2) is 0 Å². The Bertz CT molecular complexity index is 596. The van der Waals surface area contributed by atoms with E-state index < -0.39 is 0 Å². The zero-order valence-electron chi connectivity index (χ0n) is 15.9. The van der Waals surface area contributed by atoms with Crippen LogP contribution in [0.2, 0.25) is 0 Å². The van der Waals surface area contributed by atoms with Crippen LogP contribution in [0.25, 0.3) is 0 Å². The Hall–Kier alpha value is -1.73. The summed E-state index contributed by atoms with van der Waals surface area (Å²) in [5.74, 6) is 2.42. The quantitative estimate of drug-likeness (QED) is 0.718. The van der Waals surface area contributed by atoms with E-state index in [1.807, 2.05) is 18.7 Å². The van der Waals surface area contributed by atoms with E-state index in [9.17, 15) is 4.79 Å². The number of morpholine rings is 1. The summed E-state index contributed by atoms with van der Waals surface area (Å²) in [5, 5.41) is 0. The number of carbonyl (C=O) groups excluding carboxylic acids is 1. The van der Waals surface area contributed by atoms with Crippen molar-refractivity contribution >= 4 is 11.7 Å². The largest absolute Gasteiger partial charge is 0.381 e. The zero-order chi connectivity index (χ0) is 18.4.